The van der Waals surface area contributed by atoms with Crippen molar-refractivity contribution < 1.29 is 17.6 Å². The summed E-state index contributed by atoms with van der Waals surface area (Å²) in [6.45, 7) is 7.48. The Morgan fingerprint density at radius 3 is 2.33 bits per heavy atom. The van der Waals surface area contributed by atoms with E-state index in [0.717, 1.165) is 12.1 Å². The third kappa shape index (κ3) is 4.39. The van der Waals surface area contributed by atoms with Crippen molar-refractivity contribution in [1.82, 2.24) is 5.32 Å². The summed E-state index contributed by atoms with van der Waals surface area (Å²) >= 11 is 5.73. The van der Waals surface area contributed by atoms with E-state index in [0.29, 0.717) is 0 Å². The molecule has 1 aromatic carbocycles. The van der Waals surface area contributed by atoms with E-state index in [1.807, 2.05) is 20.8 Å². The molecule has 0 spiro atoms. The van der Waals surface area contributed by atoms with Gasteiger partial charge >= 0.3 is 0 Å². The van der Waals surface area contributed by atoms with Crippen molar-refractivity contribution in [2.24, 2.45) is 10.6 Å². The van der Waals surface area contributed by atoms with E-state index >= 15 is 0 Å². The topological polar surface area (TPSA) is 89.3 Å². The minimum absolute atomic E-state index is 0.0889. The molecule has 1 amide bonds. The predicted octanol–water partition coefficient (Wildman–Crippen LogP) is 2.29. The van der Waals surface area contributed by atoms with Crippen LogP contribution in [0, 0.1) is 11.2 Å². The Kier molecular flexibility index (Phi) is 5.02. The van der Waals surface area contributed by atoms with Gasteiger partial charge in [0.15, 0.2) is 5.82 Å². The molecule has 5 nitrogen and oxygen atoms in total. The number of sulfonamides is 1. The van der Waals surface area contributed by atoms with Crippen molar-refractivity contribution in [3.63, 3.8) is 0 Å². The molecular formula is C13H18ClFN2O3S. The summed E-state index contributed by atoms with van der Waals surface area (Å²) < 4.78 is 36.8. The maximum absolute atomic E-state index is 14.2. The van der Waals surface area contributed by atoms with Gasteiger partial charge in [-0.05, 0) is 24.5 Å². The lowest BCUT2D eigenvalue weighted by Crippen LogP contribution is -2.41. The summed E-state index contributed by atoms with van der Waals surface area (Å²) in [6, 6.07) is 1.67. The van der Waals surface area contributed by atoms with Gasteiger partial charge in [-0.3, -0.25) is 4.79 Å². The molecular weight excluding hydrogens is 319 g/mol. The van der Waals surface area contributed by atoms with Crippen LogP contribution in [0.4, 0.5) is 4.39 Å². The Bertz CT molecular complexity index is 669. The van der Waals surface area contributed by atoms with Crippen molar-refractivity contribution in [1.29, 1.82) is 0 Å². The monoisotopic (exact) mass is 336 g/mol. The molecule has 0 aliphatic heterocycles. The van der Waals surface area contributed by atoms with Crippen LogP contribution in [0.1, 0.15) is 38.1 Å². The smallest absolute Gasteiger partial charge is 0.254 e. The molecule has 0 fully saturated rings. The molecule has 21 heavy (non-hydrogen) atoms. The highest BCUT2D eigenvalue weighted by Gasteiger charge is 2.26. The summed E-state index contributed by atoms with van der Waals surface area (Å²) in [7, 11) is -4.31. The van der Waals surface area contributed by atoms with Crippen LogP contribution in [-0.2, 0) is 10.0 Å². The van der Waals surface area contributed by atoms with Crippen LogP contribution in [-0.4, -0.2) is 20.4 Å². The standard InChI is InChI=1S/C13H18ClFN2O3S/c1-7(13(2,3)4)17-12(18)9-5-8(14)6-10(11(9)15)21(16,19)20/h5-7H,1-4H3,(H,17,18)(H2,16,19,20). The lowest BCUT2D eigenvalue weighted by atomic mass is 9.88. The third-order valence-electron chi connectivity index (χ3n) is 3.20. The summed E-state index contributed by atoms with van der Waals surface area (Å²) in [6.07, 6.45) is 0. The van der Waals surface area contributed by atoms with Crippen LogP contribution in [0.15, 0.2) is 17.0 Å². The average molecular weight is 337 g/mol. The molecule has 0 radical (unpaired) electrons. The summed E-state index contributed by atoms with van der Waals surface area (Å²) in [5.74, 6) is -1.96. The van der Waals surface area contributed by atoms with Gasteiger partial charge < -0.3 is 5.32 Å². The average Bonchev–Trinajstić information content (AvgIpc) is 2.28. The lowest BCUT2D eigenvalue weighted by molar-refractivity contribution is 0.0905. The largest absolute Gasteiger partial charge is 0.349 e. The molecule has 118 valence electrons. The fourth-order valence-corrected chi connectivity index (χ4v) is 2.36. The Balaban J connectivity index is 3.26. The van der Waals surface area contributed by atoms with E-state index in [9.17, 15) is 17.6 Å². The minimum atomic E-state index is -4.31. The molecule has 1 rings (SSSR count). The van der Waals surface area contributed by atoms with E-state index < -0.39 is 32.2 Å². The fourth-order valence-electron chi connectivity index (χ4n) is 1.43. The first-order chi connectivity index (χ1) is 9.34. The number of rotatable bonds is 3. The molecule has 1 aromatic rings. The first kappa shape index (κ1) is 17.9. The molecule has 0 aliphatic carbocycles. The second-order valence-corrected chi connectivity index (χ2v) is 7.84. The van der Waals surface area contributed by atoms with Crippen LogP contribution < -0.4 is 10.5 Å². The van der Waals surface area contributed by atoms with Gasteiger partial charge in [-0.1, -0.05) is 32.4 Å². The van der Waals surface area contributed by atoms with E-state index in [1.54, 1.807) is 6.92 Å². The predicted molar refractivity (Wildman–Crippen MR) is 79.2 cm³/mol. The molecule has 0 saturated heterocycles. The SMILES string of the molecule is CC(NC(=O)c1cc(Cl)cc(S(N)(=O)=O)c1F)C(C)(C)C. The number of halogens is 2. The zero-order chi connectivity index (χ0) is 16.6. The van der Waals surface area contributed by atoms with Crippen LogP contribution in [0.25, 0.3) is 0 Å². The number of hydrogen-bond acceptors (Lipinski definition) is 3. The molecule has 0 saturated carbocycles. The number of carbonyl (C=O) groups is 1. The number of nitrogens with two attached hydrogens (primary N) is 1. The Morgan fingerprint density at radius 2 is 1.90 bits per heavy atom. The second-order valence-electron chi connectivity index (χ2n) is 5.87. The third-order valence-corrected chi connectivity index (χ3v) is 4.33. The first-order valence-electron chi connectivity index (χ1n) is 6.16. The van der Waals surface area contributed by atoms with Crippen molar-refractivity contribution in [2.45, 2.75) is 38.6 Å². The molecule has 3 N–H and O–H groups in total. The van der Waals surface area contributed by atoms with Gasteiger partial charge in [0.1, 0.15) is 4.90 Å². The zero-order valence-corrected chi connectivity index (χ0v) is 13.8. The quantitative estimate of drug-likeness (QED) is 0.887. The fraction of sp³-hybridized carbons (Fsp3) is 0.462. The molecule has 0 heterocycles. The minimum Gasteiger partial charge on any atom is -0.349 e. The van der Waals surface area contributed by atoms with Crippen molar-refractivity contribution in [2.75, 3.05) is 0 Å². The molecule has 0 aliphatic rings. The first-order valence-corrected chi connectivity index (χ1v) is 8.09. The van der Waals surface area contributed by atoms with Gasteiger partial charge in [0.05, 0.1) is 5.56 Å². The Labute approximate surface area is 128 Å². The lowest BCUT2D eigenvalue weighted by Gasteiger charge is -2.28. The second kappa shape index (κ2) is 5.90. The van der Waals surface area contributed by atoms with Crippen molar-refractivity contribution in [3.8, 4) is 0 Å². The highest BCUT2D eigenvalue weighted by molar-refractivity contribution is 7.89. The van der Waals surface area contributed by atoms with Crippen LogP contribution in [0.5, 0.6) is 0 Å². The van der Waals surface area contributed by atoms with Crippen LogP contribution in [0.2, 0.25) is 5.02 Å². The maximum Gasteiger partial charge on any atom is 0.254 e. The van der Waals surface area contributed by atoms with Gasteiger partial charge in [-0.2, -0.15) is 0 Å². The van der Waals surface area contributed by atoms with E-state index in [-0.39, 0.29) is 16.5 Å². The van der Waals surface area contributed by atoms with Crippen LogP contribution in [0.3, 0.4) is 0 Å². The molecule has 8 heteroatoms. The van der Waals surface area contributed by atoms with Gasteiger partial charge in [0, 0.05) is 11.1 Å². The van der Waals surface area contributed by atoms with E-state index in [1.165, 1.54) is 0 Å². The van der Waals surface area contributed by atoms with Gasteiger partial charge in [-0.15, -0.1) is 0 Å². The molecule has 0 bridgehead atoms. The zero-order valence-electron chi connectivity index (χ0n) is 12.2. The highest BCUT2D eigenvalue weighted by atomic mass is 35.5. The Hall–Kier alpha value is -1.18. The Morgan fingerprint density at radius 1 is 1.38 bits per heavy atom. The number of primary sulfonamides is 1. The number of carbonyl (C=O) groups excluding carboxylic acids is 1. The van der Waals surface area contributed by atoms with Gasteiger partial charge in [0.2, 0.25) is 10.0 Å². The summed E-state index contributed by atoms with van der Waals surface area (Å²) in [5.41, 5.74) is -0.698. The van der Waals surface area contributed by atoms with Gasteiger partial charge in [0.25, 0.3) is 5.91 Å². The van der Waals surface area contributed by atoms with Gasteiger partial charge in [-0.25, -0.2) is 17.9 Å². The normalized spacial score (nSPS) is 13.9. The number of benzene rings is 1. The van der Waals surface area contributed by atoms with Crippen molar-refractivity contribution in [3.05, 3.63) is 28.5 Å². The number of hydrogen-bond donors (Lipinski definition) is 2. The summed E-state index contributed by atoms with van der Waals surface area (Å²) in [5, 5.41) is 7.43. The van der Waals surface area contributed by atoms with Crippen molar-refractivity contribution >= 4 is 27.5 Å². The number of amides is 1. The molecule has 0 aromatic heterocycles. The number of nitrogens with one attached hydrogen (secondary N) is 1. The van der Waals surface area contributed by atoms with E-state index in [2.05, 4.69) is 5.32 Å². The highest BCUT2D eigenvalue weighted by Crippen LogP contribution is 2.24. The van der Waals surface area contributed by atoms with E-state index in [4.69, 9.17) is 16.7 Å². The van der Waals surface area contributed by atoms with Crippen LogP contribution >= 0.6 is 11.6 Å². The maximum atomic E-state index is 14.2. The molecule has 1 atom stereocenters. The molecule has 1 unspecified atom stereocenters. The summed E-state index contributed by atoms with van der Waals surface area (Å²) in [4.78, 5) is 11.3.